The Bertz CT molecular complexity index is 438. The van der Waals surface area contributed by atoms with Crippen molar-refractivity contribution >= 4 is 6.09 Å². The number of cyclic esters (lactones) is 1. The molecule has 0 spiro atoms. The van der Waals surface area contributed by atoms with Crippen LogP contribution in [0.15, 0.2) is 30.3 Å². The minimum atomic E-state index is -1.04. The number of carbonyl (C=O) groups is 1. The summed E-state index contributed by atoms with van der Waals surface area (Å²) in [6.07, 6.45) is -2.86. The van der Waals surface area contributed by atoms with Gasteiger partial charge in [-0.1, -0.05) is 30.3 Å². The highest BCUT2D eigenvalue weighted by Crippen LogP contribution is 2.16. The van der Waals surface area contributed by atoms with E-state index in [4.69, 9.17) is 9.47 Å². The number of ether oxygens (including phenoxy) is 2. The van der Waals surface area contributed by atoms with E-state index >= 15 is 0 Å². The maximum Gasteiger partial charge on any atom is 0.407 e. The molecule has 0 bridgehead atoms. The van der Waals surface area contributed by atoms with E-state index in [9.17, 15) is 15.0 Å². The average Bonchev–Trinajstić information content (AvgIpc) is 2.79. The number of benzene rings is 1. The van der Waals surface area contributed by atoms with Crippen molar-refractivity contribution < 1.29 is 24.5 Å². The van der Waals surface area contributed by atoms with Gasteiger partial charge in [0.05, 0.1) is 19.3 Å². The van der Waals surface area contributed by atoms with Crippen LogP contribution in [0, 0.1) is 0 Å². The van der Waals surface area contributed by atoms with Gasteiger partial charge in [-0.25, -0.2) is 4.79 Å². The van der Waals surface area contributed by atoms with Crippen LogP contribution in [0.4, 0.5) is 4.79 Å². The molecular formula is C14H19NO5. The molecule has 1 aliphatic rings. The summed E-state index contributed by atoms with van der Waals surface area (Å²) >= 11 is 0. The standard InChI is InChI=1S/C14H19NO5/c1-9-12(15-14(18)20-9)13(17)11(7-16)19-8-10-5-3-2-4-6-10/h2-6,9,11-13,16-17H,7-8H2,1H3,(H,15,18)/t9-,11+,12+,13-/m1/s1. The molecule has 2 rings (SSSR count). The predicted molar refractivity (Wildman–Crippen MR) is 71.0 cm³/mol. The Hall–Kier alpha value is -1.63. The second-order valence-corrected chi connectivity index (χ2v) is 4.79. The summed E-state index contributed by atoms with van der Waals surface area (Å²) in [6.45, 7) is 1.61. The van der Waals surface area contributed by atoms with Gasteiger partial charge in [0, 0.05) is 0 Å². The molecule has 0 aromatic heterocycles. The number of carbonyl (C=O) groups excluding carboxylic acids is 1. The first-order valence-corrected chi connectivity index (χ1v) is 6.53. The molecule has 1 saturated heterocycles. The highest BCUT2D eigenvalue weighted by atomic mass is 16.6. The summed E-state index contributed by atoms with van der Waals surface area (Å²) in [7, 11) is 0. The van der Waals surface area contributed by atoms with E-state index in [1.54, 1.807) is 6.92 Å². The van der Waals surface area contributed by atoms with Crippen LogP contribution in [0.5, 0.6) is 0 Å². The molecule has 20 heavy (non-hydrogen) atoms. The van der Waals surface area contributed by atoms with Crippen molar-refractivity contribution in [2.45, 2.75) is 37.9 Å². The molecule has 110 valence electrons. The molecule has 1 aromatic carbocycles. The smallest absolute Gasteiger partial charge is 0.407 e. The van der Waals surface area contributed by atoms with E-state index < -0.39 is 30.4 Å². The van der Waals surface area contributed by atoms with Crippen LogP contribution in [0.25, 0.3) is 0 Å². The van der Waals surface area contributed by atoms with Gasteiger partial charge in [-0.2, -0.15) is 0 Å². The topological polar surface area (TPSA) is 88.0 Å². The van der Waals surface area contributed by atoms with E-state index in [2.05, 4.69) is 5.32 Å². The Morgan fingerprint density at radius 1 is 1.40 bits per heavy atom. The summed E-state index contributed by atoms with van der Waals surface area (Å²) in [5.74, 6) is 0. The maximum atomic E-state index is 11.1. The van der Waals surface area contributed by atoms with E-state index in [0.29, 0.717) is 0 Å². The van der Waals surface area contributed by atoms with Crippen molar-refractivity contribution in [3.63, 3.8) is 0 Å². The Morgan fingerprint density at radius 3 is 2.65 bits per heavy atom. The molecule has 6 nitrogen and oxygen atoms in total. The van der Waals surface area contributed by atoms with Gasteiger partial charge >= 0.3 is 6.09 Å². The third-order valence-corrected chi connectivity index (χ3v) is 3.32. The number of hydrogen-bond donors (Lipinski definition) is 3. The summed E-state index contributed by atoms with van der Waals surface area (Å²) < 4.78 is 10.4. The van der Waals surface area contributed by atoms with E-state index in [0.717, 1.165) is 5.56 Å². The van der Waals surface area contributed by atoms with Gasteiger partial charge < -0.3 is 25.0 Å². The first-order chi connectivity index (χ1) is 9.61. The molecule has 1 aromatic rings. The molecule has 0 unspecified atom stereocenters. The largest absolute Gasteiger partial charge is 0.444 e. The zero-order chi connectivity index (χ0) is 14.5. The summed E-state index contributed by atoms with van der Waals surface area (Å²) in [5, 5.41) is 22.1. The summed E-state index contributed by atoms with van der Waals surface area (Å²) in [5.41, 5.74) is 0.943. The van der Waals surface area contributed by atoms with Gasteiger partial charge in [-0.05, 0) is 12.5 Å². The van der Waals surface area contributed by atoms with Gasteiger partial charge in [-0.3, -0.25) is 0 Å². The van der Waals surface area contributed by atoms with Crippen LogP contribution >= 0.6 is 0 Å². The fourth-order valence-electron chi connectivity index (χ4n) is 2.16. The lowest BCUT2D eigenvalue weighted by Gasteiger charge is -2.27. The first-order valence-electron chi connectivity index (χ1n) is 6.53. The third-order valence-electron chi connectivity index (χ3n) is 3.32. The van der Waals surface area contributed by atoms with Crippen molar-refractivity contribution in [2.75, 3.05) is 6.61 Å². The zero-order valence-corrected chi connectivity index (χ0v) is 11.2. The molecule has 1 aliphatic heterocycles. The summed E-state index contributed by atoms with van der Waals surface area (Å²) in [4.78, 5) is 11.1. The number of aliphatic hydroxyl groups is 2. The maximum absolute atomic E-state index is 11.1. The van der Waals surface area contributed by atoms with E-state index in [1.165, 1.54) is 0 Å². The minimum absolute atomic E-state index is 0.277. The molecule has 6 heteroatoms. The Balaban J connectivity index is 1.92. The van der Waals surface area contributed by atoms with E-state index in [1.807, 2.05) is 30.3 Å². The van der Waals surface area contributed by atoms with Crippen molar-refractivity contribution in [1.82, 2.24) is 5.32 Å². The number of amides is 1. The van der Waals surface area contributed by atoms with Gasteiger partial charge in [0.1, 0.15) is 18.3 Å². The molecule has 3 N–H and O–H groups in total. The van der Waals surface area contributed by atoms with Crippen LogP contribution in [0.2, 0.25) is 0 Å². The highest BCUT2D eigenvalue weighted by Gasteiger charge is 2.39. The second-order valence-electron chi connectivity index (χ2n) is 4.79. The first kappa shape index (κ1) is 14.8. The zero-order valence-electron chi connectivity index (χ0n) is 11.2. The fraction of sp³-hybridized carbons (Fsp3) is 0.500. The van der Waals surface area contributed by atoms with Gasteiger partial charge in [0.2, 0.25) is 0 Å². The molecule has 1 heterocycles. The number of nitrogens with one attached hydrogen (secondary N) is 1. The van der Waals surface area contributed by atoms with Crippen LogP contribution in [0.3, 0.4) is 0 Å². The number of alkyl carbamates (subject to hydrolysis) is 1. The van der Waals surface area contributed by atoms with Gasteiger partial charge in [-0.15, -0.1) is 0 Å². The average molecular weight is 281 g/mol. The highest BCUT2D eigenvalue weighted by molar-refractivity contribution is 5.70. The fourth-order valence-corrected chi connectivity index (χ4v) is 2.16. The van der Waals surface area contributed by atoms with Crippen molar-refractivity contribution in [3.8, 4) is 0 Å². The number of hydrogen-bond acceptors (Lipinski definition) is 5. The summed E-state index contributed by atoms with van der Waals surface area (Å²) in [6, 6.07) is 8.87. The Morgan fingerprint density at radius 2 is 2.10 bits per heavy atom. The monoisotopic (exact) mass is 281 g/mol. The lowest BCUT2D eigenvalue weighted by Crippen LogP contribution is -2.49. The van der Waals surface area contributed by atoms with Crippen molar-refractivity contribution in [2.24, 2.45) is 0 Å². The van der Waals surface area contributed by atoms with Crippen LogP contribution < -0.4 is 5.32 Å². The normalized spacial score (nSPS) is 24.9. The number of rotatable bonds is 6. The van der Waals surface area contributed by atoms with Crippen LogP contribution in [-0.2, 0) is 16.1 Å². The van der Waals surface area contributed by atoms with Crippen molar-refractivity contribution in [3.05, 3.63) is 35.9 Å². The Labute approximate surface area is 117 Å². The predicted octanol–water partition coefficient (Wildman–Crippen LogP) is 0.422. The molecule has 1 amide bonds. The lowest BCUT2D eigenvalue weighted by atomic mass is 10.0. The number of aliphatic hydroxyl groups excluding tert-OH is 2. The molecular weight excluding hydrogens is 262 g/mol. The second kappa shape index (κ2) is 6.69. The SMILES string of the molecule is C[C@H]1OC(=O)N[C@@H]1[C@H](O)[C@H](CO)OCc1ccccc1. The molecule has 0 aliphatic carbocycles. The Kier molecular flexibility index (Phi) is 4.94. The minimum Gasteiger partial charge on any atom is -0.444 e. The molecule has 4 atom stereocenters. The van der Waals surface area contributed by atoms with Gasteiger partial charge in [0.25, 0.3) is 0 Å². The quantitative estimate of drug-likeness (QED) is 0.703. The molecule has 1 fully saturated rings. The van der Waals surface area contributed by atoms with Crippen LogP contribution in [0.1, 0.15) is 12.5 Å². The lowest BCUT2D eigenvalue weighted by molar-refractivity contribution is -0.0861. The van der Waals surface area contributed by atoms with E-state index in [-0.39, 0.29) is 13.2 Å². The molecule has 0 saturated carbocycles. The van der Waals surface area contributed by atoms with Crippen LogP contribution in [-0.4, -0.2) is 47.3 Å². The van der Waals surface area contributed by atoms with Gasteiger partial charge in [0.15, 0.2) is 0 Å². The van der Waals surface area contributed by atoms with Crippen molar-refractivity contribution in [1.29, 1.82) is 0 Å². The molecule has 0 radical (unpaired) electrons. The third kappa shape index (κ3) is 3.47.